The quantitative estimate of drug-likeness (QED) is 0.449. The molecule has 0 amide bonds. The first kappa shape index (κ1) is 21.2. The number of rotatable bonds is 7. The van der Waals surface area contributed by atoms with Gasteiger partial charge in [-0.05, 0) is 37.4 Å². The third kappa shape index (κ3) is 4.55. The van der Waals surface area contributed by atoms with E-state index in [-0.39, 0.29) is 21.0 Å². The molecule has 1 aromatic carbocycles. The molecule has 0 aliphatic carbocycles. The van der Waals surface area contributed by atoms with Gasteiger partial charge in [-0.15, -0.1) is 11.3 Å². The Hall–Kier alpha value is -2.56. The third-order valence-electron chi connectivity index (χ3n) is 3.98. The maximum atomic E-state index is 12.6. The van der Waals surface area contributed by atoms with Crippen molar-refractivity contribution in [3.05, 3.63) is 40.9 Å². The van der Waals surface area contributed by atoms with Crippen molar-refractivity contribution in [1.29, 1.82) is 0 Å². The van der Waals surface area contributed by atoms with Crippen LogP contribution in [0.15, 0.2) is 40.1 Å². The van der Waals surface area contributed by atoms with Gasteiger partial charge in [-0.25, -0.2) is 13.4 Å². The van der Waals surface area contributed by atoms with Crippen molar-refractivity contribution >= 4 is 61.6 Å². The molecule has 0 fully saturated rings. The van der Waals surface area contributed by atoms with Crippen LogP contribution in [-0.4, -0.2) is 30.7 Å². The molecule has 11 heteroatoms. The molecule has 0 aliphatic rings. The molecular formula is C18H20ClN5O3S2. The molecular weight excluding hydrogens is 434 g/mol. The summed E-state index contributed by atoms with van der Waals surface area (Å²) in [5, 5.41) is 7.45. The van der Waals surface area contributed by atoms with E-state index in [1.54, 1.807) is 43.5 Å². The van der Waals surface area contributed by atoms with Crippen LogP contribution in [0.5, 0.6) is 5.75 Å². The van der Waals surface area contributed by atoms with Gasteiger partial charge in [-0.3, -0.25) is 0 Å². The maximum Gasteiger partial charge on any atom is 0.229 e. The summed E-state index contributed by atoms with van der Waals surface area (Å²) in [6.45, 7) is 3.27. The van der Waals surface area contributed by atoms with E-state index in [0.29, 0.717) is 22.8 Å². The topological polar surface area (TPSA) is 119 Å². The lowest BCUT2D eigenvalue weighted by atomic mass is 10.2. The van der Waals surface area contributed by atoms with Crippen LogP contribution in [0, 0.1) is 0 Å². The molecule has 8 nitrogen and oxygen atoms in total. The van der Waals surface area contributed by atoms with Crippen molar-refractivity contribution in [3.63, 3.8) is 0 Å². The van der Waals surface area contributed by atoms with Crippen molar-refractivity contribution < 1.29 is 13.2 Å². The van der Waals surface area contributed by atoms with E-state index in [4.69, 9.17) is 22.1 Å². The number of nitrogens with one attached hydrogen (secondary N) is 2. The highest BCUT2D eigenvalue weighted by Crippen LogP contribution is 2.35. The van der Waals surface area contributed by atoms with E-state index in [1.165, 1.54) is 13.3 Å². The van der Waals surface area contributed by atoms with Gasteiger partial charge in [-0.1, -0.05) is 11.6 Å². The van der Waals surface area contributed by atoms with Crippen molar-refractivity contribution in [3.8, 4) is 5.75 Å². The predicted molar refractivity (Wildman–Crippen MR) is 118 cm³/mol. The number of nitrogen functional groups attached to an aromatic ring is 1. The summed E-state index contributed by atoms with van der Waals surface area (Å²) in [6, 6.07) is 6.81. The Bertz CT molecular complexity index is 1130. The number of nitrogens with two attached hydrogens (primary N) is 1. The fourth-order valence-electron chi connectivity index (χ4n) is 2.40. The number of aromatic nitrogens is 2. The fraction of sp³-hybridized carbons (Fsp3) is 0.222. The Balaban J connectivity index is 1.91. The molecule has 0 bridgehead atoms. The van der Waals surface area contributed by atoms with Gasteiger partial charge in [0.2, 0.25) is 5.95 Å². The van der Waals surface area contributed by atoms with Crippen LogP contribution in [0.3, 0.4) is 0 Å². The van der Waals surface area contributed by atoms with Gasteiger partial charge in [0.1, 0.15) is 15.0 Å². The molecule has 0 atom stereocenters. The number of hydrogen-bond acceptors (Lipinski definition) is 9. The largest absolute Gasteiger partial charge is 0.494 e. The Morgan fingerprint density at radius 3 is 2.66 bits per heavy atom. The first-order valence-corrected chi connectivity index (χ1v) is 11.3. The standard InChI is InChI=1S/C18H20ClN5O3S2/c1-10(2)29(25,26)17-14(6-7-28-17)22-16-12(19)9-21-18(24-16)23-13-5-4-11(20)8-15(13)27-3/h4-10H,20H2,1-3H3,(H2,21,22,23,24). The fourth-order valence-corrected chi connectivity index (χ4v) is 5.24. The molecule has 154 valence electrons. The lowest BCUT2D eigenvalue weighted by Crippen LogP contribution is -2.14. The number of anilines is 5. The summed E-state index contributed by atoms with van der Waals surface area (Å²) in [4.78, 5) is 8.53. The van der Waals surface area contributed by atoms with Gasteiger partial charge in [0.15, 0.2) is 15.7 Å². The number of halogens is 1. The van der Waals surface area contributed by atoms with Crippen LogP contribution >= 0.6 is 22.9 Å². The van der Waals surface area contributed by atoms with E-state index >= 15 is 0 Å². The Labute approximate surface area is 178 Å². The number of ether oxygens (including phenoxy) is 1. The Morgan fingerprint density at radius 2 is 1.97 bits per heavy atom. The molecule has 2 aromatic heterocycles. The molecule has 0 spiro atoms. The van der Waals surface area contributed by atoms with Crippen molar-refractivity contribution in [2.24, 2.45) is 0 Å². The van der Waals surface area contributed by atoms with Gasteiger partial charge >= 0.3 is 0 Å². The molecule has 3 aromatic rings. The summed E-state index contributed by atoms with van der Waals surface area (Å²) in [5.41, 5.74) is 7.37. The van der Waals surface area contributed by atoms with Crippen LogP contribution in [0.25, 0.3) is 0 Å². The summed E-state index contributed by atoms with van der Waals surface area (Å²) in [7, 11) is -1.91. The van der Waals surface area contributed by atoms with Crippen LogP contribution < -0.4 is 21.1 Å². The van der Waals surface area contributed by atoms with Crippen molar-refractivity contribution in [2.75, 3.05) is 23.5 Å². The molecule has 0 unspecified atom stereocenters. The zero-order valence-corrected chi connectivity index (χ0v) is 18.3. The number of sulfone groups is 1. The first-order chi connectivity index (χ1) is 13.7. The molecule has 3 rings (SSSR count). The highest BCUT2D eigenvalue weighted by atomic mass is 35.5. The number of thiophene rings is 1. The average molecular weight is 454 g/mol. The second-order valence-electron chi connectivity index (χ2n) is 6.32. The predicted octanol–water partition coefficient (Wildman–Crippen LogP) is 4.45. The minimum Gasteiger partial charge on any atom is -0.494 e. The second-order valence-corrected chi connectivity index (χ2v) is 10.3. The third-order valence-corrected chi connectivity index (χ3v) is 7.92. The Kier molecular flexibility index (Phi) is 6.15. The number of benzene rings is 1. The first-order valence-electron chi connectivity index (χ1n) is 8.54. The molecule has 29 heavy (non-hydrogen) atoms. The summed E-state index contributed by atoms with van der Waals surface area (Å²) < 4.78 is 30.7. The second kappa shape index (κ2) is 8.44. The molecule has 0 aliphatic heterocycles. The average Bonchev–Trinajstić information content (AvgIpc) is 3.14. The van der Waals surface area contributed by atoms with Crippen LogP contribution in [0.1, 0.15) is 13.8 Å². The molecule has 4 N–H and O–H groups in total. The summed E-state index contributed by atoms with van der Waals surface area (Å²) in [5.74, 6) is 1.06. The van der Waals surface area contributed by atoms with Crippen LogP contribution in [0.2, 0.25) is 5.02 Å². The van der Waals surface area contributed by atoms with Crippen molar-refractivity contribution in [1.82, 2.24) is 9.97 Å². The lowest BCUT2D eigenvalue weighted by Gasteiger charge is -2.13. The van der Waals surface area contributed by atoms with E-state index in [9.17, 15) is 8.42 Å². The monoisotopic (exact) mass is 453 g/mol. The maximum absolute atomic E-state index is 12.6. The van der Waals surface area contributed by atoms with Crippen molar-refractivity contribution in [2.45, 2.75) is 23.3 Å². The number of hydrogen-bond donors (Lipinski definition) is 3. The summed E-state index contributed by atoms with van der Waals surface area (Å²) >= 11 is 7.36. The number of methoxy groups -OCH3 is 1. The van der Waals surface area contributed by atoms with Gasteiger partial charge in [0.25, 0.3) is 0 Å². The zero-order valence-electron chi connectivity index (χ0n) is 15.9. The molecule has 2 heterocycles. The number of nitrogens with zero attached hydrogens (tertiary/aromatic N) is 2. The lowest BCUT2D eigenvalue weighted by molar-refractivity contribution is 0.417. The van der Waals surface area contributed by atoms with E-state index < -0.39 is 15.1 Å². The minimum absolute atomic E-state index is 0.233. The smallest absolute Gasteiger partial charge is 0.229 e. The summed E-state index contributed by atoms with van der Waals surface area (Å²) in [6.07, 6.45) is 1.42. The molecule has 0 radical (unpaired) electrons. The van der Waals surface area contributed by atoms with E-state index in [0.717, 1.165) is 11.3 Å². The van der Waals surface area contributed by atoms with Crippen LogP contribution in [-0.2, 0) is 9.84 Å². The Morgan fingerprint density at radius 1 is 1.21 bits per heavy atom. The van der Waals surface area contributed by atoms with Crippen LogP contribution in [0.4, 0.5) is 28.8 Å². The minimum atomic E-state index is -3.44. The highest BCUT2D eigenvalue weighted by molar-refractivity contribution is 7.94. The zero-order chi connectivity index (χ0) is 21.2. The SMILES string of the molecule is COc1cc(N)ccc1Nc1ncc(Cl)c(Nc2ccsc2S(=O)(=O)C(C)C)n1. The van der Waals surface area contributed by atoms with E-state index in [2.05, 4.69) is 20.6 Å². The van der Waals surface area contributed by atoms with Gasteiger partial charge in [0, 0.05) is 11.8 Å². The van der Waals surface area contributed by atoms with Gasteiger partial charge in [-0.2, -0.15) is 4.98 Å². The molecule has 0 saturated carbocycles. The van der Waals surface area contributed by atoms with E-state index in [1.807, 2.05) is 0 Å². The molecule has 0 saturated heterocycles. The van der Waals surface area contributed by atoms with Gasteiger partial charge in [0.05, 0.1) is 29.9 Å². The van der Waals surface area contributed by atoms with Gasteiger partial charge < -0.3 is 21.1 Å². The highest BCUT2D eigenvalue weighted by Gasteiger charge is 2.25. The normalized spacial score (nSPS) is 11.5.